The Kier molecular flexibility index (Phi) is 5.22. The molecule has 8 heteroatoms. The Labute approximate surface area is 153 Å². The van der Waals surface area contributed by atoms with Gasteiger partial charge in [0.1, 0.15) is 23.1 Å². The van der Waals surface area contributed by atoms with E-state index in [1.54, 1.807) is 24.2 Å². The summed E-state index contributed by atoms with van der Waals surface area (Å²) < 4.78 is 11.2. The van der Waals surface area contributed by atoms with Crippen molar-refractivity contribution in [3.63, 3.8) is 0 Å². The molecule has 2 aromatic heterocycles. The number of aromatic nitrogens is 3. The molecule has 140 valence electrons. The second-order valence-electron chi connectivity index (χ2n) is 6.92. The molecule has 3 heterocycles. The number of nitrogens with zero attached hydrogens (tertiary/aromatic N) is 5. The van der Waals surface area contributed by atoms with Crippen molar-refractivity contribution in [2.24, 2.45) is 0 Å². The van der Waals surface area contributed by atoms with Gasteiger partial charge in [-0.3, -0.25) is 9.78 Å². The van der Waals surface area contributed by atoms with E-state index >= 15 is 0 Å². The summed E-state index contributed by atoms with van der Waals surface area (Å²) in [6.45, 7) is 7.16. The van der Waals surface area contributed by atoms with Gasteiger partial charge in [0.2, 0.25) is 0 Å². The van der Waals surface area contributed by atoms with Gasteiger partial charge in [-0.1, -0.05) is 19.0 Å². The predicted octanol–water partition coefficient (Wildman–Crippen LogP) is 2.18. The third-order valence-electron chi connectivity index (χ3n) is 4.44. The Morgan fingerprint density at radius 1 is 1.31 bits per heavy atom. The second-order valence-corrected chi connectivity index (χ2v) is 6.92. The first-order chi connectivity index (χ1) is 12.4. The summed E-state index contributed by atoms with van der Waals surface area (Å²) in [4.78, 5) is 25.6. The van der Waals surface area contributed by atoms with Gasteiger partial charge in [0.05, 0.1) is 18.8 Å². The van der Waals surface area contributed by atoms with Crippen molar-refractivity contribution in [3.05, 3.63) is 35.1 Å². The van der Waals surface area contributed by atoms with Gasteiger partial charge >= 0.3 is 0 Å². The van der Waals surface area contributed by atoms with Crippen LogP contribution in [0, 0.1) is 6.92 Å². The molecule has 0 aromatic carbocycles. The van der Waals surface area contributed by atoms with E-state index in [0.717, 1.165) is 11.5 Å². The third kappa shape index (κ3) is 3.41. The number of ether oxygens (including phenoxy) is 1. The largest absolute Gasteiger partial charge is 0.368 e. The van der Waals surface area contributed by atoms with Gasteiger partial charge in [0, 0.05) is 33.0 Å². The topological polar surface area (TPSA) is 84.6 Å². The maximum atomic E-state index is 13.1. The molecule has 0 spiro atoms. The molecule has 1 fully saturated rings. The Balaban J connectivity index is 1.86. The lowest BCUT2D eigenvalue weighted by Crippen LogP contribution is -2.43. The fraction of sp³-hybridized carbons (Fsp3) is 0.556. The molecule has 0 unspecified atom stereocenters. The van der Waals surface area contributed by atoms with E-state index in [-0.39, 0.29) is 17.9 Å². The number of morpholine rings is 1. The van der Waals surface area contributed by atoms with Gasteiger partial charge in [-0.15, -0.1) is 0 Å². The van der Waals surface area contributed by atoms with Gasteiger partial charge in [0.15, 0.2) is 5.82 Å². The smallest absolute Gasteiger partial charge is 0.259 e. The lowest BCUT2D eigenvalue weighted by molar-refractivity contribution is -0.0247. The number of amides is 1. The summed E-state index contributed by atoms with van der Waals surface area (Å²) in [5, 5.41) is 4.06. The van der Waals surface area contributed by atoms with Crippen molar-refractivity contribution < 1.29 is 14.1 Å². The normalized spacial score (nSPS) is 17.6. The van der Waals surface area contributed by atoms with Crippen molar-refractivity contribution in [2.45, 2.75) is 32.8 Å². The summed E-state index contributed by atoms with van der Waals surface area (Å²) in [5.41, 5.74) is 2.00. The van der Waals surface area contributed by atoms with E-state index in [0.29, 0.717) is 36.7 Å². The maximum Gasteiger partial charge on any atom is 0.259 e. The molecular formula is C18H25N5O3. The zero-order chi connectivity index (χ0) is 18.8. The Morgan fingerprint density at radius 2 is 2.04 bits per heavy atom. The van der Waals surface area contributed by atoms with Crippen LogP contribution in [0.4, 0.5) is 5.82 Å². The minimum absolute atomic E-state index is 0.0731. The number of hydrogen-bond acceptors (Lipinski definition) is 7. The van der Waals surface area contributed by atoms with E-state index in [1.807, 2.05) is 32.8 Å². The molecule has 26 heavy (non-hydrogen) atoms. The number of rotatable bonds is 4. The molecule has 1 atom stereocenters. The summed E-state index contributed by atoms with van der Waals surface area (Å²) in [6, 6.07) is 0. The molecule has 2 aromatic rings. The van der Waals surface area contributed by atoms with Crippen LogP contribution in [-0.2, 0) is 4.74 Å². The molecule has 1 aliphatic heterocycles. The summed E-state index contributed by atoms with van der Waals surface area (Å²) >= 11 is 0. The predicted molar refractivity (Wildman–Crippen MR) is 96.3 cm³/mol. The van der Waals surface area contributed by atoms with E-state index < -0.39 is 0 Å². The lowest BCUT2D eigenvalue weighted by atomic mass is 10.0. The van der Waals surface area contributed by atoms with Crippen LogP contribution in [0.15, 0.2) is 16.9 Å². The maximum absolute atomic E-state index is 13.1. The highest BCUT2D eigenvalue weighted by Gasteiger charge is 2.32. The fourth-order valence-corrected chi connectivity index (χ4v) is 3.11. The van der Waals surface area contributed by atoms with E-state index in [1.165, 1.54) is 0 Å². The van der Waals surface area contributed by atoms with E-state index in [9.17, 15) is 4.79 Å². The van der Waals surface area contributed by atoms with Crippen LogP contribution in [0.1, 0.15) is 53.4 Å². The van der Waals surface area contributed by atoms with Crippen molar-refractivity contribution in [1.82, 2.24) is 20.0 Å². The fourth-order valence-electron chi connectivity index (χ4n) is 3.11. The van der Waals surface area contributed by atoms with Gasteiger partial charge < -0.3 is 19.1 Å². The molecule has 0 bridgehead atoms. The average Bonchev–Trinajstić information content (AvgIpc) is 3.03. The highest BCUT2D eigenvalue weighted by atomic mass is 16.5. The zero-order valence-electron chi connectivity index (χ0n) is 15.9. The summed E-state index contributed by atoms with van der Waals surface area (Å²) in [6.07, 6.45) is 2.98. The zero-order valence-corrected chi connectivity index (χ0v) is 15.9. The van der Waals surface area contributed by atoms with E-state index in [4.69, 9.17) is 9.26 Å². The van der Waals surface area contributed by atoms with Gasteiger partial charge in [-0.2, -0.15) is 0 Å². The highest BCUT2D eigenvalue weighted by molar-refractivity contribution is 5.96. The number of anilines is 1. The molecule has 8 nitrogen and oxygen atoms in total. The van der Waals surface area contributed by atoms with Crippen LogP contribution in [0.5, 0.6) is 0 Å². The minimum atomic E-state index is -0.318. The lowest BCUT2D eigenvalue weighted by Gasteiger charge is -2.33. The molecule has 0 N–H and O–H groups in total. The molecule has 0 saturated carbocycles. The van der Waals surface area contributed by atoms with Gasteiger partial charge in [0.25, 0.3) is 5.91 Å². The first-order valence-electron chi connectivity index (χ1n) is 8.75. The van der Waals surface area contributed by atoms with E-state index in [2.05, 4.69) is 15.1 Å². The second kappa shape index (κ2) is 7.41. The highest BCUT2D eigenvalue weighted by Crippen LogP contribution is 2.29. The van der Waals surface area contributed by atoms with Crippen LogP contribution >= 0.6 is 0 Å². The standard InChI is InChI=1S/C18H25N5O3/c1-11(2)15-14(12(3)26-21-15)18(24)23-8-9-25-13(10-23)16-17(22(4)5)20-7-6-19-16/h6-7,11,13H,8-10H2,1-5H3/t13-/m1/s1. The molecule has 0 aliphatic carbocycles. The monoisotopic (exact) mass is 359 g/mol. The van der Waals surface area contributed by atoms with Gasteiger partial charge in [-0.25, -0.2) is 4.98 Å². The van der Waals surface area contributed by atoms with Crippen molar-refractivity contribution >= 4 is 11.7 Å². The number of carbonyl (C=O) groups is 1. The van der Waals surface area contributed by atoms with Crippen LogP contribution in [0.3, 0.4) is 0 Å². The SMILES string of the molecule is Cc1onc(C(C)C)c1C(=O)N1CCO[C@@H](c2nccnc2N(C)C)C1. The van der Waals surface area contributed by atoms with Crippen LogP contribution in [0.2, 0.25) is 0 Å². The third-order valence-corrected chi connectivity index (χ3v) is 4.44. The van der Waals surface area contributed by atoms with Crippen molar-refractivity contribution in [2.75, 3.05) is 38.7 Å². The average molecular weight is 359 g/mol. The first-order valence-corrected chi connectivity index (χ1v) is 8.75. The quantitative estimate of drug-likeness (QED) is 0.827. The number of aryl methyl sites for hydroxylation is 1. The first kappa shape index (κ1) is 18.3. The number of carbonyl (C=O) groups excluding carboxylic acids is 1. The minimum Gasteiger partial charge on any atom is -0.368 e. The molecule has 1 saturated heterocycles. The Bertz CT molecular complexity index is 787. The van der Waals surface area contributed by atoms with Crippen molar-refractivity contribution in [3.8, 4) is 0 Å². The van der Waals surface area contributed by atoms with Gasteiger partial charge in [-0.05, 0) is 12.8 Å². The Morgan fingerprint density at radius 3 is 2.73 bits per heavy atom. The molecule has 3 rings (SSSR count). The number of hydrogen-bond donors (Lipinski definition) is 0. The van der Waals surface area contributed by atoms with Crippen LogP contribution < -0.4 is 4.90 Å². The molecule has 1 amide bonds. The van der Waals surface area contributed by atoms with Crippen molar-refractivity contribution in [1.29, 1.82) is 0 Å². The molecule has 1 aliphatic rings. The van der Waals surface area contributed by atoms with Crippen LogP contribution in [0.25, 0.3) is 0 Å². The Hall–Kier alpha value is -2.48. The molecule has 0 radical (unpaired) electrons. The van der Waals surface area contributed by atoms with Crippen LogP contribution in [-0.4, -0.2) is 59.7 Å². The molecular weight excluding hydrogens is 334 g/mol. The summed E-state index contributed by atoms with van der Waals surface area (Å²) in [5.74, 6) is 1.34. The summed E-state index contributed by atoms with van der Waals surface area (Å²) in [7, 11) is 3.82.